The van der Waals surface area contributed by atoms with Crippen LogP contribution in [-0.2, 0) is 25.9 Å². The molecule has 0 spiro atoms. The normalized spacial score (nSPS) is 17.1. The Morgan fingerprint density at radius 2 is 1.62 bits per heavy atom. The van der Waals surface area contributed by atoms with Gasteiger partial charge in [-0.2, -0.15) is 0 Å². The summed E-state index contributed by atoms with van der Waals surface area (Å²) in [6, 6.07) is 14.7. The van der Waals surface area contributed by atoms with Gasteiger partial charge < -0.3 is 5.32 Å². The Balaban J connectivity index is 1.41. The van der Waals surface area contributed by atoms with Gasteiger partial charge in [-0.05, 0) is 86.0 Å². The molecule has 26 heavy (non-hydrogen) atoms. The van der Waals surface area contributed by atoms with Gasteiger partial charge in [0.05, 0.1) is 0 Å². The number of benzene rings is 2. The van der Waals surface area contributed by atoms with Gasteiger partial charge in [-0.25, -0.2) is 0 Å². The molecule has 0 atom stereocenters. The van der Waals surface area contributed by atoms with E-state index < -0.39 is 0 Å². The first kappa shape index (κ1) is 17.3. The van der Waals surface area contributed by atoms with Gasteiger partial charge in [-0.1, -0.05) is 30.3 Å². The van der Waals surface area contributed by atoms with Gasteiger partial charge in [0.25, 0.3) is 5.91 Å². The maximum atomic E-state index is 12.6. The topological polar surface area (TPSA) is 32.3 Å². The zero-order valence-corrected chi connectivity index (χ0v) is 15.5. The molecule has 2 aromatic carbocycles. The molecule has 136 valence electrons. The number of amides is 1. The van der Waals surface area contributed by atoms with E-state index in [0.29, 0.717) is 6.54 Å². The van der Waals surface area contributed by atoms with Crippen molar-refractivity contribution >= 4 is 5.91 Å². The van der Waals surface area contributed by atoms with Crippen molar-refractivity contribution in [1.29, 1.82) is 0 Å². The van der Waals surface area contributed by atoms with Crippen molar-refractivity contribution in [3.05, 3.63) is 70.3 Å². The summed E-state index contributed by atoms with van der Waals surface area (Å²) in [7, 11) is 0. The highest BCUT2D eigenvalue weighted by Gasteiger charge is 2.15. The lowest BCUT2D eigenvalue weighted by atomic mass is 9.90. The van der Waals surface area contributed by atoms with Crippen LogP contribution in [0.15, 0.2) is 42.5 Å². The molecule has 1 N–H and O–H groups in total. The quantitative estimate of drug-likeness (QED) is 0.883. The van der Waals surface area contributed by atoms with Gasteiger partial charge >= 0.3 is 0 Å². The van der Waals surface area contributed by atoms with E-state index in [1.807, 2.05) is 6.07 Å². The fraction of sp³-hybridized carbons (Fsp3) is 0.435. The van der Waals surface area contributed by atoms with Crippen molar-refractivity contribution < 1.29 is 4.79 Å². The second-order valence-corrected chi connectivity index (χ2v) is 7.63. The van der Waals surface area contributed by atoms with Crippen LogP contribution in [0.4, 0.5) is 0 Å². The molecule has 3 heteroatoms. The Morgan fingerprint density at radius 1 is 0.885 bits per heavy atom. The lowest BCUT2D eigenvalue weighted by molar-refractivity contribution is 0.0950. The minimum Gasteiger partial charge on any atom is -0.348 e. The largest absolute Gasteiger partial charge is 0.348 e. The fourth-order valence-corrected chi connectivity index (χ4v) is 4.22. The smallest absolute Gasteiger partial charge is 0.251 e. The number of hydrogen-bond acceptors (Lipinski definition) is 2. The summed E-state index contributed by atoms with van der Waals surface area (Å²) in [5, 5.41) is 3.13. The third-order valence-corrected chi connectivity index (χ3v) is 5.76. The number of nitrogens with zero attached hydrogens (tertiary/aromatic N) is 1. The molecular weight excluding hydrogens is 320 g/mol. The first-order valence-corrected chi connectivity index (χ1v) is 9.99. The number of fused-ring (bicyclic) bond motifs is 1. The predicted octanol–water partition coefficient (Wildman–Crippen LogP) is 4.09. The molecule has 1 saturated heterocycles. The summed E-state index contributed by atoms with van der Waals surface area (Å²) in [4.78, 5) is 15.1. The van der Waals surface area contributed by atoms with Gasteiger partial charge in [0, 0.05) is 18.7 Å². The summed E-state index contributed by atoms with van der Waals surface area (Å²) >= 11 is 0. The maximum absolute atomic E-state index is 12.6. The Labute approximate surface area is 156 Å². The fourth-order valence-electron chi connectivity index (χ4n) is 4.22. The van der Waals surface area contributed by atoms with Crippen molar-refractivity contribution in [2.75, 3.05) is 13.1 Å². The third-order valence-electron chi connectivity index (χ3n) is 5.76. The molecule has 1 heterocycles. The minimum atomic E-state index is 0.0364. The van der Waals surface area contributed by atoms with Crippen molar-refractivity contribution in [3.8, 4) is 0 Å². The van der Waals surface area contributed by atoms with Crippen LogP contribution in [0.25, 0.3) is 0 Å². The Kier molecular flexibility index (Phi) is 5.35. The molecule has 0 radical (unpaired) electrons. The molecule has 3 nitrogen and oxygen atoms in total. The highest BCUT2D eigenvalue weighted by atomic mass is 16.1. The number of nitrogens with one attached hydrogen (secondary N) is 1. The summed E-state index contributed by atoms with van der Waals surface area (Å²) in [5.41, 5.74) is 6.13. The first-order chi connectivity index (χ1) is 12.8. The van der Waals surface area contributed by atoms with Crippen LogP contribution < -0.4 is 5.32 Å². The molecule has 1 aliphatic carbocycles. The standard InChI is InChI=1S/C23H28N2O/c26-23(20-12-11-18-7-1-2-8-19(18)15-20)24-16-21-9-3-4-10-22(21)17-25-13-5-6-14-25/h3-4,9-12,15H,1-2,5-8,13-14,16-17H2,(H,24,26). The highest BCUT2D eigenvalue weighted by molar-refractivity contribution is 5.94. The number of aryl methyl sites for hydroxylation is 2. The van der Waals surface area contributed by atoms with E-state index in [9.17, 15) is 4.79 Å². The lowest BCUT2D eigenvalue weighted by Crippen LogP contribution is -2.25. The maximum Gasteiger partial charge on any atom is 0.251 e. The molecule has 0 saturated carbocycles. The molecule has 4 rings (SSSR count). The Bertz CT molecular complexity index is 778. The van der Waals surface area contributed by atoms with E-state index in [4.69, 9.17) is 0 Å². The van der Waals surface area contributed by atoms with Crippen LogP contribution in [0.2, 0.25) is 0 Å². The number of rotatable bonds is 5. The predicted molar refractivity (Wildman–Crippen MR) is 105 cm³/mol. The van der Waals surface area contributed by atoms with E-state index in [-0.39, 0.29) is 5.91 Å². The molecule has 0 aromatic heterocycles. The lowest BCUT2D eigenvalue weighted by Gasteiger charge is -2.18. The first-order valence-electron chi connectivity index (χ1n) is 9.99. The SMILES string of the molecule is O=C(NCc1ccccc1CN1CCCC1)c1ccc2c(c1)CCCC2. The van der Waals surface area contributed by atoms with Crippen molar-refractivity contribution in [3.63, 3.8) is 0 Å². The van der Waals surface area contributed by atoms with Crippen LogP contribution in [-0.4, -0.2) is 23.9 Å². The van der Waals surface area contributed by atoms with Gasteiger partial charge in [0.1, 0.15) is 0 Å². The summed E-state index contributed by atoms with van der Waals surface area (Å²) in [6.45, 7) is 3.97. The third kappa shape index (κ3) is 3.99. The molecular formula is C23H28N2O. The number of hydrogen-bond donors (Lipinski definition) is 1. The van der Waals surface area contributed by atoms with Crippen LogP contribution in [0, 0.1) is 0 Å². The van der Waals surface area contributed by atoms with Crippen molar-refractivity contribution in [2.24, 2.45) is 0 Å². The van der Waals surface area contributed by atoms with E-state index in [2.05, 4.69) is 46.6 Å². The van der Waals surface area contributed by atoms with Crippen LogP contribution in [0.3, 0.4) is 0 Å². The Morgan fingerprint density at radius 3 is 2.42 bits per heavy atom. The average Bonchev–Trinajstić information content (AvgIpc) is 3.20. The van der Waals surface area contributed by atoms with Crippen LogP contribution in [0.5, 0.6) is 0 Å². The van der Waals surface area contributed by atoms with Crippen molar-refractivity contribution in [2.45, 2.75) is 51.6 Å². The van der Waals surface area contributed by atoms with Gasteiger partial charge in [0.2, 0.25) is 0 Å². The monoisotopic (exact) mass is 348 g/mol. The average molecular weight is 348 g/mol. The molecule has 1 aliphatic heterocycles. The van der Waals surface area contributed by atoms with Crippen LogP contribution in [0.1, 0.15) is 58.3 Å². The van der Waals surface area contributed by atoms with E-state index >= 15 is 0 Å². The molecule has 1 amide bonds. The van der Waals surface area contributed by atoms with Gasteiger partial charge in [-0.3, -0.25) is 9.69 Å². The number of carbonyl (C=O) groups is 1. The zero-order chi connectivity index (χ0) is 17.8. The number of carbonyl (C=O) groups excluding carboxylic acids is 1. The zero-order valence-electron chi connectivity index (χ0n) is 15.5. The number of likely N-dealkylation sites (tertiary alicyclic amines) is 1. The van der Waals surface area contributed by atoms with Gasteiger partial charge in [0.15, 0.2) is 0 Å². The molecule has 1 fully saturated rings. The molecule has 0 bridgehead atoms. The van der Waals surface area contributed by atoms with Crippen LogP contribution >= 0.6 is 0 Å². The molecule has 2 aliphatic rings. The highest BCUT2D eigenvalue weighted by Crippen LogP contribution is 2.22. The second-order valence-electron chi connectivity index (χ2n) is 7.63. The van der Waals surface area contributed by atoms with Gasteiger partial charge in [-0.15, -0.1) is 0 Å². The summed E-state index contributed by atoms with van der Waals surface area (Å²) in [6.07, 6.45) is 7.37. The van der Waals surface area contributed by atoms with Crippen molar-refractivity contribution in [1.82, 2.24) is 10.2 Å². The Hall–Kier alpha value is -2.13. The van der Waals surface area contributed by atoms with E-state index in [0.717, 1.165) is 24.9 Å². The molecule has 2 aromatic rings. The molecule has 0 unspecified atom stereocenters. The summed E-state index contributed by atoms with van der Waals surface area (Å²) < 4.78 is 0. The second kappa shape index (κ2) is 8.05. The van der Waals surface area contributed by atoms with E-state index in [1.54, 1.807) is 0 Å². The van der Waals surface area contributed by atoms with E-state index in [1.165, 1.54) is 61.0 Å². The minimum absolute atomic E-state index is 0.0364. The summed E-state index contributed by atoms with van der Waals surface area (Å²) in [5.74, 6) is 0.0364.